The topological polar surface area (TPSA) is 32.3 Å². The third kappa shape index (κ3) is 4.19. The van der Waals surface area contributed by atoms with Crippen molar-refractivity contribution in [1.29, 1.82) is 0 Å². The molecule has 0 amide bonds. The average Bonchev–Trinajstić information content (AvgIpc) is 2.49. The Kier molecular flexibility index (Phi) is 5.13. The minimum atomic E-state index is 0.110. The van der Waals surface area contributed by atoms with Crippen LogP contribution in [0.2, 0.25) is 0 Å². The first-order valence-corrected chi connectivity index (χ1v) is 6.74. The number of aliphatic hydroxyl groups is 1. The van der Waals surface area contributed by atoms with Gasteiger partial charge in [-0.1, -0.05) is 61.5 Å². The van der Waals surface area contributed by atoms with E-state index in [4.69, 9.17) is 5.11 Å². The third-order valence-corrected chi connectivity index (χ3v) is 3.35. The molecule has 2 nitrogen and oxygen atoms in total. The summed E-state index contributed by atoms with van der Waals surface area (Å²) in [5, 5.41) is 12.5. The van der Waals surface area contributed by atoms with Crippen molar-refractivity contribution in [3.8, 4) is 0 Å². The van der Waals surface area contributed by atoms with Crippen molar-refractivity contribution in [2.24, 2.45) is 0 Å². The molecule has 2 rings (SSSR count). The molecule has 1 unspecified atom stereocenters. The van der Waals surface area contributed by atoms with E-state index < -0.39 is 0 Å². The summed E-state index contributed by atoms with van der Waals surface area (Å²) in [7, 11) is 0. The summed E-state index contributed by atoms with van der Waals surface area (Å²) in [6.45, 7) is 4.17. The lowest BCUT2D eigenvalue weighted by Gasteiger charge is -2.13. The summed E-state index contributed by atoms with van der Waals surface area (Å²) in [5.74, 6) is 0.512. The highest BCUT2D eigenvalue weighted by atomic mass is 16.3. The van der Waals surface area contributed by atoms with Gasteiger partial charge in [0.25, 0.3) is 0 Å². The maximum absolute atomic E-state index is 8.99. The van der Waals surface area contributed by atoms with Gasteiger partial charge in [0.2, 0.25) is 0 Å². The van der Waals surface area contributed by atoms with Gasteiger partial charge in [0.05, 0.1) is 6.61 Å². The van der Waals surface area contributed by atoms with Crippen molar-refractivity contribution in [2.45, 2.75) is 26.0 Å². The number of aliphatic hydroxyl groups excluding tert-OH is 1. The van der Waals surface area contributed by atoms with Crippen molar-refractivity contribution >= 4 is 0 Å². The van der Waals surface area contributed by atoms with Crippen LogP contribution in [-0.2, 0) is 13.2 Å². The van der Waals surface area contributed by atoms with E-state index in [1.165, 1.54) is 11.1 Å². The van der Waals surface area contributed by atoms with Crippen LogP contribution in [0.1, 0.15) is 29.5 Å². The van der Waals surface area contributed by atoms with E-state index in [0.717, 1.165) is 18.7 Å². The van der Waals surface area contributed by atoms with Crippen LogP contribution >= 0.6 is 0 Å². The van der Waals surface area contributed by atoms with Gasteiger partial charge in [-0.3, -0.25) is 0 Å². The van der Waals surface area contributed by atoms with Gasteiger partial charge >= 0.3 is 0 Å². The van der Waals surface area contributed by atoms with E-state index in [1.807, 2.05) is 18.2 Å². The highest BCUT2D eigenvalue weighted by Crippen LogP contribution is 2.13. The SMILES string of the molecule is CC(CNCc1ccc(CO)cc1)c1ccccc1. The molecule has 1 atom stereocenters. The molecule has 0 spiro atoms. The lowest BCUT2D eigenvalue weighted by atomic mass is 10.0. The molecule has 0 heterocycles. The Morgan fingerprint density at radius 2 is 1.58 bits per heavy atom. The smallest absolute Gasteiger partial charge is 0.0681 e. The first-order chi connectivity index (χ1) is 9.29. The molecule has 0 bridgehead atoms. The van der Waals surface area contributed by atoms with Gasteiger partial charge < -0.3 is 10.4 Å². The fraction of sp³-hybridized carbons (Fsp3) is 0.294. The lowest BCUT2D eigenvalue weighted by molar-refractivity contribution is 0.282. The second kappa shape index (κ2) is 7.07. The van der Waals surface area contributed by atoms with Gasteiger partial charge in [0.1, 0.15) is 0 Å². The zero-order valence-corrected chi connectivity index (χ0v) is 11.3. The Labute approximate surface area is 115 Å². The predicted octanol–water partition coefficient (Wildman–Crippen LogP) is 3.07. The molecule has 0 aliphatic heterocycles. The minimum Gasteiger partial charge on any atom is -0.392 e. The average molecular weight is 255 g/mol. The second-order valence-electron chi connectivity index (χ2n) is 4.92. The molecule has 0 aromatic heterocycles. The molecule has 0 aliphatic rings. The monoisotopic (exact) mass is 255 g/mol. The van der Waals surface area contributed by atoms with E-state index in [-0.39, 0.29) is 6.61 Å². The Hall–Kier alpha value is -1.64. The normalized spacial score (nSPS) is 12.3. The van der Waals surface area contributed by atoms with Crippen LogP contribution < -0.4 is 5.32 Å². The highest BCUT2D eigenvalue weighted by Gasteiger charge is 2.03. The largest absolute Gasteiger partial charge is 0.392 e. The van der Waals surface area contributed by atoms with Gasteiger partial charge in [0, 0.05) is 13.1 Å². The first kappa shape index (κ1) is 13.8. The van der Waals surface area contributed by atoms with Crippen LogP contribution in [0.4, 0.5) is 0 Å². The Morgan fingerprint density at radius 1 is 0.947 bits per heavy atom. The molecule has 0 radical (unpaired) electrons. The van der Waals surface area contributed by atoms with E-state index in [9.17, 15) is 0 Å². The quantitative estimate of drug-likeness (QED) is 0.831. The van der Waals surface area contributed by atoms with Gasteiger partial charge in [-0.05, 0) is 22.6 Å². The maximum atomic E-state index is 8.99. The fourth-order valence-corrected chi connectivity index (χ4v) is 2.09. The Morgan fingerprint density at radius 3 is 2.21 bits per heavy atom. The Bertz CT molecular complexity index is 478. The van der Waals surface area contributed by atoms with Gasteiger partial charge in [-0.2, -0.15) is 0 Å². The zero-order chi connectivity index (χ0) is 13.5. The molecule has 19 heavy (non-hydrogen) atoms. The molecule has 0 saturated heterocycles. The van der Waals surface area contributed by atoms with Crippen LogP contribution in [0.3, 0.4) is 0 Å². The third-order valence-electron chi connectivity index (χ3n) is 3.35. The number of hydrogen-bond acceptors (Lipinski definition) is 2. The molecule has 0 saturated carbocycles. The summed E-state index contributed by atoms with van der Waals surface area (Å²) < 4.78 is 0. The molecule has 2 aromatic rings. The number of benzene rings is 2. The highest BCUT2D eigenvalue weighted by molar-refractivity contribution is 5.22. The molecular weight excluding hydrogens is 234 g/mol. The Balaban J connectivity index is 1.79. The van der Waals surface area contributed by atoms with Crippen LogP contribution in [0.25, 0.3) is 0 Å². The summed E-state index contributed by atoms with van der Waals surface area (Å²) in [6.07, 6.45) is 0. The molecule has 2 aromatic carbocycles. The van der Waals surface area contributed by atoms with E-state index in [1.54, 1.807) is 0 Å². The molecule has 2 N–H and O–H groups in total. The second-order valence-corrected chi connectivity index (χ2v) is 4.92. The molecular formula is C17H21NO. The van der Waals surface area contributed by atoms with Gasteiger partial charge in [-0.15, -0.1) is 0 Å². The van der Waals surface area contributed by atoms with E-state index >= 15 is 0 Å². The fourth-order valence-electron chi connectivity index (χ4n) is 2.09. The van der Waals surface area contributed by atoms with E-state index in [0.29, 0.717) is 5.92 Å². The first-order valence-electron chi connectivity index (χ1n) is 6.74. The number of rotatable bonds is 6. The molecule has 2 heteroatoms. The molecule has 0 fully saturated rings. The van der Waals surface area contributed by atoms with Crippen LogP contribution in [-0.4, -0.2) is 11.7 Å². The van der Waals surface area contributed by atoms with Crippen LogP contribution in [0.15, 0.2) is 54.6 Å². The summed E-state index contributed by atoms with van der Waals surface area (Å²) >= 11 is 0. The lowest BCUT2D eigenvalue weighted by Crippen LogP contribution is -2.19. The van der Waals surface area contributed by atoms with Gasteiger partial charge in [-0.25, -0.2) is 0 Å². The standard InChI is InChI=1S/C17H21NO/c1-14(17-5-3-2-4-6-17)11-18-12-15-7-9-16(13-19)10-8-15/h2-10,14,18-19H,11-13H2,1H3. The van der Waals surface area contributed by atoms with Crippen molar-refractivity contribution in [3.63, 3.8) is 0 Å². The zero-order valence-electron chi connectivity index (χ0n) is 11.3. The van der Waals surface area contributed by atoms with Crippen molar-refractivity contribution in [2.75, 3.05) is 6.54 Å². The van der Waals surface area contributed by atoms with Crippen LogP contribution in [0, 0.1) is 0 Å². The number of hydrogen-bond donors (Lipinski definition) is 2. The molecule has 100 valence electrons. The molecule has 0 aliphatic carbocycles. The minimum absolute atomic E-state index is 0.110. The van der Waals surface area contributed by atoms with E-state index in [2.05, 4.69) is 48.6 Å². The van der Waals surface area contributed by atoms with Crippen molar-refractivity contribution < 1.29 is 5.11 Å². The van der Waals surface area contributed by atoms with Crippen LogP contribution in [0.5, 0.6) is 0 Å². The summed E-state index contributed by atoms with van der Waals surface area (Å²) in [5.41, 5.74) is 3.57. The maximum Gasteiger partial charge on any atom is 0.0681 e. The predicted molar refractivity (Wildman–Crippen MR) is 78.9 cm³/mol. The summed E-state index contributed by atoms with van der Waals surface area (Å²) in [6, 6.07) is 18.6. The van der Waals surface area contributed by atoms with Crippen molar-refractivity contribution in [3.05, 3.63) is 71.3 Å². The summed E-state index contributed by atoms with van der Waals surface area (Å²) in [4.78, 5) is 0. The number of nitrogens with one attached hydrogen (secondary N) is 1. The van der Waals surface area contributed by atoms with Gasteiger partial charge in [0.15, 0.2) is 0 Å². The van der Waals surface area contributed by atoms with Crippen molar-refractivity contribution in [1.82, 2.24) is 5.32 Å².